The van der Waals surface area contributed by atoms with E-state index in [9.17, 15) is 0 Å². The van der Waals surface area contributed by atoms with E-state index in [-0.39, 0.29) is 0 Å². The summed E-state index contributed by atoms with van der Waals surface area (Å²) in [5.74, 6) is 1.57. The minimum atomic E-state index is 0.306. The summed E-state index contributed by atoms with van der Waals surface area (Å²) in [6, 6.07) is 2.33. The third kappa shape index (κ3) is 3.45. The normalized spacial score (nSPS) is 12.7. The first-order valence-electron chi connectivity index (χ1n) is 7.33. The Hall–Kier alpha value is -1.92. The molecule has 22 heavy (non-hydrogen) atoms. The van der Waals surface area contributed by atoms with Crippen LogP contribution in [-0.4, -0.2) is 20.8 Å². The lowest BCUT2D eigenvalue weighted by molar-refractivity contribution is 0.446. The number of aryl methyl sites for hydroxylation is 2. The van der Waals surface area contributed by atoms with Crippen molar-refractivity contribution in [3.8, 4) is 11.5 Å². The smallest absolute Gasteiger partial charge is 0.227 e. The highest BCUT2D eigenvalue weighted by Crippen LogP contribution is 2.23. The Kier molecular flexibility index (Phi) is 4.40. The molecule has 0 spiro atoms. The maximum absolute atomic E-state index is 5.75. The lowest BCUT2D eigenvalue weighted by atomic mass is 10.3. The van der Waals surface area contributed by atoms with Gasteiger partial charge in [0.25, 0.3) is 0 Å². The maximum Gasteiger partial charge on any atom is 0.227 e. The van der Waals surface area contributed by atoms with Crippen LogP contribution in [0.4, 0.5) is 0 Å². The zero-order chi connectivity index (χ0) is 15.5. The number of oxazole rings is 1. The van der Waals surface area contributed by atoms with Crippen molar-refractivity contribution in [3.63, 3.8) is 0 Å². The molecule has 3 aromatic heterocycles. The average Bonchev–Trinajstić information content (AvgIpc) is 3.18. The fourth-order valence-corrected chi connectivity index (χ4v) is 2.91. The van der Waals surface area contributed by atoms with Gasteiger partial charge in [-0.05, 0) is 37.8 Å². The van der Waals surface area contributed by atoms with Gasteiger partial charge in [-0.15, -0.1) is 0 Å². The maximum atomic E-state index is 5.75. The van der Waals surface area contributed by atoms with E-state index in [4.69, 9.17) is 4.42 Å². The van der Waals surface area contributed by atoms with E-state index in [0.717, 1.165) is 23.6 Å². The summed E-state index contributed by atoms with van der Waals surface area (Å²) < 4.78 is 7.71. The molecule has 0 saturated heterocycles. The van der Waals surface area contributed by atoms with Crippen LogP contribution in [0.2, 0.25) is 0 Å². The molecule has 0 aliphatic heterocycles. The lowest BCUT2D eigenvalue weighted by Crippen LogP contribution is -2.30. The number of rotatable bonds is 6. The molecule has 1 N–H and O–H groups in total. The van der Waals surface area contributed by atoms with Crippen LogP contribution in [-0.2, 0) is 13.1 Å². The zero-order valence-corrected chi connectivity index (χ0v) is 13.9. The van der Waals surface area contributed by atoms with Crippen LogP contribution in [0, 0.1) is 13.8 Å². The fraction of sp³-hybridized carbons (Fsp3) is 0.375. The number of aromatic nitrogens is 3. The van der Waals surface area contributed by atoms with Gasteiger partial charge in [-0.25, -0.2) is 4.98 Å². The molecule has 0 aliphatic carbocycles. The second kappa shape index (κ2) is 6.46. The van der Waals surface area contributed by atoms with Crippen molar-refractivity contribution in [2.24, 2.45) is 0 Å². The van der Waals surface area contributed by atoms with Gasteiger partial charge in [-0.2, -0.15) is 16.4 Å². The Morgan fingerprint density at radius 1 is 1.41 bits per heavy atom. The molecule has 0 unspecified atom stereocenters. The third-order valence-corrected chi connectivity index (χ3v) is 4.19. The SMILES string of the molecule is Cc1cnn(C[C@H](C)NCc2nc(-c3ccsc3)oc2C)c1. The molecule has 0 aliphatic rings. The summed E-state index contributed by atoms with van der Waals surface area (Å²) in [4.78, 5) is 4.59. The predicted octanol–water partition coefficient (Wildman–Crippen LogP) is 3.39. The van der Waals surface area contributed by atoms with Crippen molar-refractivity contribution in [2.75, 3.05) is 0 Å². The molecule has 0 aromatic carbocycles. The van der Waals surface area contributed by atoms with Crippen molar-refractivity contribution in [2.45, 2.75) is 39.9 Å². The van der Waals surface area contributed by atoms with Gasteiger partial charge in [-0.3, -0.25) is 4.68 Å². The third-order valence-electron chi connectivity index (χ3n) is 3.50. The van der Waals surface area contributed by atoms with E-state index in [1.54, 1.807) is 11.3 Å². The summed E-state index contributed by atoms with van der Waals surface area (Å²) in [6.45, 7) is 7.68. The predicted molar refractivity (Wildman–Crippen MR) is 87.8 cm³/mol. The largest absolute Gasteiger partial charge is 0.441 e. The molecule has 0 amide bonds. The van der Waals surface area contributed by atoms with Crippen LogP contribution in [0.15, 0.2) is 33.6 Å². The van der Waals surface area contributed by atoms with Crippen LogP contribution < -0.4 is 5.32 Å². The topological polar surface area (TPSA) is 55.9 Å². The first kappa shape index (κ1) is 15.0. The summed E-state index contributed by atoms with van der Waals surface area (Å²) >= 11 is 1.65. The van der Waals surface area contributed by atoms with Gasteiger partial charge in [0.05, 0.1) is 18.4 Å². The van der Waals surface area contributed by atoms with Crippen LogP contribution in [0.25, 0.3) is 11.5 Å². The number of nitrogens with one attached hydrogen (secondary N) is 1. The molecular weight excluding hydrogens is 296 g/mol. The van der Waals surface area contributed by atoms with Gasteiger partial charge in [0, 0.05) is 29.7 Å². The highest BCUT2D eigenvalue weighted by Gasteiger charge is 2.12. The summed E-state index contributed by atoms with van der Waals surface area (Å²) in [5.41, 5.74) is 3.18. The van der Waals surface area contributed by atoms with E-state index >= 15 is 0 Å². The van der Waals surface area contributed by atoms with Crippen LogP contribution in [0.3, 0.4) is 0 Å². The van der Waals surface area contributed by atoms with Crippen molar-refractivity contribution in [1.82, 2.24) is 20.1 Å². The summed E-state index contributed by atoms with van der Waals surface area (Å²) in [7, 11) is 0. The molecule has 5 nitrogen and oxygen atoms in total. The Labute approximate surface area is 134 Å². The van der Waals surface area contributed by atoms with Crippen molar-refractivity contribution in [3.05, 3.63) is 46.2 Å². The average molecular weight is 316 g/mol. The van der Waals surface area contributed by atoms with Crippen LogP contribution in [0.1, 0.15) is 23.9 Å². The van der Waals surface area contributed by atoms with Crippen LogP contribution in [0.5, 0.6) is 0 Å². The van der Waals surface area contributed by atoms with Crippen LogP contribution >= 0.6 is 11.3 Å². The molecule has 3 heterocycles. The number of nitrogens with zero attached hydrogens (tertiary/aromatic N) is 3. The summed E-state index contributed by atoms with van der Waals surface area (Å²) in [5, 5.41) is 11.9. The van der Waals surface area contributed by atoms with E-state index in [1.165, 1.54) is 5.56 Å². The monoisotopic (exact) mass is 316 g/mol. The van der Waals surface area contributed by atoms with Gasteiger partial charge in [-0.1, -0.05) is 0 Å². The molecule has 3 aromatic rings. The first-order chi connectivity index (χ1) is 10.6. The number of thiophene rings is 1. The van der Waals surface area contributed by atoms with E-state index in [2.05, 4.69) is 22.3 Å². The zero-order valence-electron chi connectivity index (χ0n) is 13.0. The highest BCUT2D eigenvalue weighted by molar-refractivity contribution is 7.08. The summed E-state index contributed by atoms with van der Waals surface area (Å²) in [6.07, 6.45) is 3.93. The molecule has 6 heteroatoms. The van der Waals surface area contributed by atoms with E-state index < -0.39 is 0 Å². The fourth-order valence-electron chi connectivity index (χ4n) is 2.28. The second-order valence-corrected chi connectivity index (χ2v) is 6.34. The van der Waals surface area contributed by atoms with E-state index in [1.807, 2.05) is 47.7 Å². The molecule has 0 fully saturated rings. The molecule has 1 atom stereocenters. The molecule has 0 radical (unpaired) electrons. The van der Waals surface area contributed by atoms with Gasteiger partial charge < -0.3 is 9.73 Å². The number of hydrogen-bond acceptors (Lipinski definition) is 5. The quantitative estimate of drug-likeness (QED) is 0.757. The molecular formula is C16H20N4OS. The standard InChI is InChI=1S/C16H20N4OS/c1-11-6-18-20(8-11)9-12(2)17-7-15-13(3)21-16(19-15)14-4-5-22-10-14/h4-6,8,10,12,17H,7,9H2,1-3H3/t12-/m0/s1. The molecule has 0 saturated carbocycles. The highest BCUT2D eigenvalue weighted by atomic mass is 32.1. The Morgan fingerprint density at radius 3 is 2.95 bits per heavy atom. The van der Waals surface area contributed by atoms with Crippen molar-refractivity contribution in [1.29, 1.82) is 0 Å². The van der Waals surface area contributed by atoms with Gasteiger partial charge in [0.2, 0.25) is 5.89 Å². The van der Waals surface area contributed by atoms with Crippen molar-refractivity contribution < 1.29 is 4.42 Å². The lowest BCUT2D eigenvalue weighted by Gasteiger charge is -2.12. The number of hydrogen-bond donors (Lipinski definition) is 1. The van der Waals surface area contributed by atoms with Gasteiger partial charge >= 0.3 is 0 Å². The van der Waals surface area contributed by atoms with E-state index in [0.29, 0.717) is 18.5 Å². The molecule has 0 bridgehead atoms. The van der Waals surface area contributed by atoms with Crippen molar-refractivity contribution >= 4 is 11.3 Å². The Bertz CT molecular complexity index is 729. The Balaban J connectivity index is 1.59. The minimum Gasteiger partial charge on any atom is -0.441 e. The second-order valence-electron chi connectivity index (χ2n) is 5.56. The molecule has 3 rings (SSSR count). The van der Waals surface area contributed by atoms with Gasteiger partial charge in [0.1, 0.15) is 5.76 Å². The Morgan fingerprint density at radius 2 is 2.27 bits per heavy atom. The molecule has 116 valence electrons. The van der Waals surface area contributed by atoms with Gasteiger partial charge in [0.15, 0.2) is 0 Å². The minimum absolute atomic E-state index is 0.306. The first-order valence-corrected chi connectivity index (χ1v) is 8.27.